The number of hydrogen-bond donors (Lipinski definition) is 2. The second-order valence-electron chi connectivity index (χ2n) is 3.88. The molecule has 0 radical (unpaired) electrons. The van der Waals surface area contributed by atoms with E-state index >= 15 is 0 Å². The van der Waals surface area contributed by atoms with Gasteiger partial charge >= 0.3 is 0 Å². The largest absolute Gasteiger partial charge is 0.508 e. The molecule has 86 valence electrons. The molecule has 3 nitrogen and oxygen atoms in total. The number of hydrogen-bond acceptors (Lipinski definition) is 3. The lowest BCUT2D eigenvalue weighted by Crippen LogP contribution is -2.03. The molecule has 0 fully saturated rings. The van der Waals surface area contributed by atoms with Crippen LogP contribution in [0.3, 0.4) is 0 Å². The third-order valence-corrected chi connectivity index (χ3v) is 2.58. The van der Waals surface area contributed by atoms with Crippen LogP contribution in [0.25, 0.3) is 0 Å². The highest BCUT2D eigenvalue weighted by Crippen LogP contribution is 2.20. The molecule has 2 aromatic carbocycles. The minimum absolute atomic E-state index is 0.123. The van der Waals surface area contributed by atoms with Gasteiger partial charge < -0.3 is 10.2 Å². The Morgan fingerprint density at radius 3 is 2.12 bits per heavy atom. The molecular weight excluding hydrogens is 216 g/mol. The SMILES string of the molecule is Cc1cc(O)ccc1C(=O)c1ccc(O)cc1. The molecule has 0 atom stereocenters. The molecule has 2 rings (SSSR count). The highest BCUT2D eigenvalue weighted by atomic mass is 16.3. The molecule has 2 aromatic rings. The molecule has 0 saturated carbocycles. The fourth-order valence-electron chi connectivity index (χ4n) is 1.67. The number of carbonyl (C=O) groups is 1. The maximum Gasteiger partial charge on any atom is 0.193 e. The van der Waals surface area contributed by atoms with Crippen molar-refractivity contribution in [1.82, 2.24) is 0 Å². The molecule has 3 heteroatoms. The number of benzene rings is 2. The van der Waals surface area contributed by atoms with Gasteiger partial charge in [0.25, 0.3) is 0 Å². The number of aryl methyl sites for hydroxylation is 1. The number of rotatable bonds is 2. The summed E-state index contributed by atoms with van der Waals surface area (Å²) in [5, 5.41) is 18.4. The average molecular weight is 228 g/mol. The molecule has 0 unspecified atom stereocenters. The molecule has 0 spiro atoms. The second-order valence-corrected chi connectivity index (χ2v) is 3.88. The highest BCUT2D eigenvalue weighted by Gasteiger charge is 2.11. The van der Waals surface area contributed by atoms with Gasteiger partial charge in [-0.2, -0.15) is 0 Å². The van der Waals surface area contributed by atoms with E-state index in [0.717, 1.165) is 5.56 Å². The van der Waals surface area contributed by atoms with Crippen LogP contribution < -0.4 is 0 Å². The number of phenolic OH excluding ortho intramolecular Hbond substituents is 2. The van der Waals surface area contributed by atoms with E-state index in [2.05, 4.69) is 0 Å². The average Bonchev–Trinajstić information content (AvgIpc) is 2.29. The molecular formula is C14H12O3. The fraction of sp³-hybridized carbons (Fsp3) is 0.0714. The van der Waals surface area contributed by atoms with Gasteiger partial charge in [0.15, 0.2) is 5.78 Å². The Morgan fingerprint density at radius 2 is 1.53 bits per heavy atom. The molecule has 0 saturated heterocycles. The standard InChI is InChI=1S/C14H12O3/c1-9-8-12(16)6-7-13(9)14(17)10-2-4-11(15)5-3-10/h2-8,15-16H,1H3. The van der Waals surface area contributed by atoms with E-state index in [4.69, 9.17) is 5.11 Å². The van der Waals surface area contributed by atoms with Crippen LogP contribution in [0.2, 0.25) is 0 Å². The monoisotopic (exact) mass is 228 g/mol. The molecule has 0 aromatic heterocycles. The Bertz CT molecular complexity index is 556. The molecule has 0 bridgehead atoms. The van der Waals surface area contributed by atoms with E-state index in [1.165, 1.54) is 18.2 Å². The van der Waals surface area contributed by atoms with Gasteiger partial charge in [-0.05, 0) is 55.0 Å². The van der Waals surface area contributed by atoms with E-state index in [9.17, 15) is 9.90 Å². The Hall–Kier alpha value is -2.29. The fourth-order valence-corrected chi connectivity index (χ4v) is 1.67. The van der Waals surface area contributed by atoms with Crippen molar-refractivity contribution in [3.63, 3.8) is 0 Å². The normalized spacial score (nSPS) is 10.2. The van der Waals surface area contributed by atoms with Crippen molar-refractivity contribution in [1.29, 1.82) is 0 Å². The second kappa shape index (κ2) is 4.29. The van der Waals surface area contributed by atoms with Crippen molar-refractivity contribution in [3.8, 4) is 11.5 Å². The van der Waals surface area contributed by atoms with Crippen LogP contribution in [0.1, 0.15) is 21.5 Å². The first-order valence-corrected chi connectivity index (χ1v) is 5.21. The maximum atomic E-state index is 12.1. The van der Waals surface area contributed by atoms with Crippen LogP contribution in [0.4, 0.5) is 0 Å². The summed E-state index contributed by atoms with van der Waals surface area (Å²) in [6.45, 7) is 1.77. The van der Waals surface area contributed by atoms with Gasteiger partial charge in [-0.1, -0.05) is 0 Å². The Balaban J connectivity index is 2.40. The minimum atomic E-state index is -0.123. The molecule has 0 heterocycles. The lowest BCUT2D eigenvalue weighted by Gasteiger charge is -2.05. The topological polar surface area (TPSA) is 57.5 Å². The number of aromatic hydroxyl groups is 2. The Labute approximate surface area is 99.0 Å². The predicted octanol–water partition coefficient (Wildman–Crippen LogP) is 2.64. The van der Waals surface area contributed by atoms with E-state index < -0.39 is 0 Å². The van der Waals surface area contributed by atoms with Crippen molar-refractivity contribution in [2.75, 3.05) is 0 Å². The molecule has 0 aliphatic heterocycles. The van der Waals surface area contributed by atoms with Crippen molar-refractivity contribution >= 4 is 5.78 Å². The quantitative estimate of drug-likeness (QED) is 0.777. The van der Waals surface area contributed by atoms with Crippen LogP contribution in [0.15, 0.2) is 42.5 Å². The molecule has 0 amide bonds. The maximum absolute atomic E-state index is 12.1. The summed E-state index contributed by atoms with van der Waals surface area (Å²) in [7, 11) is 0. The zero-order valence-electron chi connectivity index (χ0n) is 9.34. The van der Waals surface area contributed by atoms with Crippen LogP contribution >= 0.6 is 0 Å². The van der Waals surface area contributed by atoms with Crippen molar-refractivity contribution in [2.45, 2.75) is 6.92 Å². The summed E-state index contributed by atoms with van der Waals surface area (Å²) in [5.74, 6) is 0.149. The Kier molecular flexibility index (Phi) is 2.83. The van der Waals surface area contributed by atoms with E-state index in [-0.39, 0.29) is 17.3 Å². The van der Waals surface area contributed by atoms with Gasteiger partial charge in [-0.3, -0.25) is 4.79 Å². The first-order valence-electron chi connectivity index (χ1n) is 5.21. The van der Waals surface area contributed by atoms with Crippen LogP contribution in [0.5, 0.6) is 11.5 Å². The first-order chi connectivity index (χ1) is 8.08. The van der Waals surface area contributed by atoms with E-state index in [1.54, 1.807) is 31.2 Å². The number of carbonyl (C=O) groups excluding carboxylic acids is 1. The van der Waals surface area contributed by atoms with E-state index in [1.807, 2.05) is 0 Å². The van der Waals surface area contributed by atoms with Gasteiger partial charge in [-0.15, -0.1) is 0 Å². The number of phenols is 2. The van der Waals surface area contributed by atoms with Crippen molar-refractivity contribution in [3.05, 3.63) is 59.2 Å². The highest BCUT2D eigenvalue weighted by molar-refractivity contribution is 6.10. The van der Waals surface area contributed by atoms with Gasteiger partial charge in [0, 0.05) is 11.1 Å². The van der Waals surface area contributed by atoms with Crippen molar-refractivity contribution in [2.24, 2.45) is 0 Å². The molecule has 0 aliphatic rings. The van der Waals surface area contributed by atoms with Gasteiger partial charge in [0.2, 0.25) is 0 Å². The lowest BCUT2D eigenvalue weighted by atomic mass is 9.99. The zero-order chi connectivity index (χ0) is 12.4. The summed E-state index contributed by atoms with van der Waals surface area (Å²) >= 11 is 0. The predicted molar refractivity (Wildman–Crippen MR) is 64.4 cm³/mol. The summed E-state index contributed by atoms with van der Waals surface area (Å²) < 4.78 is 0. The Morgan fingerprint density at radius 1 is 0.941 bits per heavy atom. The van der Waals surface area contributed by atoms with Crippen LogP contribution in [-0.4, -0.2) is 16.0 Å². The summed E-state index contributed by atoms with van der Waals surface area (Å²) in [5.41, 5.74) is 1.79. The number of ketones is 1. The minimum Gasteiger partial charge on any atom is -0.508 e. The third-order valence-electron chi connectivity index (χ3n) is 2.58. The molecule has 0 aliphatic carbocycles. The van der Waals surface area contributed by atoms with Gasteiger partial charge in [-0.25, -0.2) is 0 Å². The van der Waals surface area contributed by atoms with Crippen molar-refractivity contribution < 1.29 is 15.0 Å². The summed E-state index contributed by atoms with van der Waals surface area (Å²) in [6.07, 6.45) is 0. The van der Waals surface area contributed by atoms with E-state index in [0.29, 0.717) is 11.1 Å². The lowest BCUT2D eigenvalue weighted by molar-refractivity contribution is 0.103. The summed E-state index contributed by atoms with van der Waals surface area (Å²) in [6, 6.07) is 10.7. The molecule has 2 N–H and O–H groups in total. The van der Waals surface area contributed by atoms with Crippen LogP contribution in [0, 0.1) is 6.92 Å². The van der Waals surface area contributed by atoms with Gasteiger partial charge in [0.1, 0.15) is 11.5 Å². The van der Waals surface area contributed by atoms with Gasteiger partial charge in [0.05, 0.1) is 0 Å². The zero-order valence-corrected chi connectivity index (χ0v) is 9.34. The van der Waals surface area contributed by atoms with Crippen LogP contribution in [-0.2, 0) is 0 Å². The molecule has 17 heavy (non-hydrogen) atoms. The smallest absolute Gasteiger partial charge is 0.193 e. The first kappa shape index (κ1) is 11.2. The third kappa shape index (κ3) is 2.28. The summed E-state index contributed by atoms with van der Waals surface area (Å²) in [4.78, 5) is 12.1.